The van der Waals surface area contributed by atoms with Crippen molar-refractivity contribution in [2.45, 2.75) is 20.0 Å². The van der Waals surface area contributed by atoms with Crippen molar-refractivity contribution in [3.8, 4) is 5.75 Å². The summed E-state index contributed by atoms with van der Waals surface area (Å²) in [7, 11) is 0. The second kappa shape index (κ2) is 7.46. The van der Waals surface area contributed by atoms with E-state index in [0.29, 0.717) is 31.9 Å². The van der Waals surface area contributed by atoms with Gasteiger partial charge in [0.2, 0.25) is 0 Å². The molecule has 1 unspecified atom stereocenters. The Balaban J connectivity index is 1.53. The number of nitrogens with zero attached hydrogens (tertiary/aromatic N) is 4. The van der Waals surface area contributed by atoms with Crippen LogP contribution in [0.1, 0.15) is 12.6 Å². The lowest BCUT2D eigenvalue weighted by atomic mass is 10.2. The fourth-order valence-corrected chi connectivity index (χ4v) is 2.74. The molecule has 1 aliphatic rings. The SMILES string of the molecule is Cc1ccc(N2CCN(C(=O)C(C)Oc3ccc(F)cc3)CC2)nn1. The van der Waals surface area contributed by atoms with Crippen LogP contribution in [0.5, 0.6) is 5.75 Å². The molecule has 1 aromatic heterocycles. The molecule has 0 aliphatic carbocycles. The molecule has 1 saturated heterocycles. The average molecular weight is 344 g/mol. The maximum atomic E-state index is 12.9. The van der Waals surface area contributed by atoms with E-state index in [1.165, 1.54) is 24.3 Å². The van der Waals surface area contributed by atoms with Crippen LogP contribution in [-0.4, -0.2) is 53.3 Å². The van der Waals surface area contributed by atoms with Crippen LogP contribution >= 0.6 is 0 Å². The van der Waals surface area contributed by atoms with Gasteiger partial charge in [0, 0.05) is 26.2 Å². The van der Waals surface area contributed by atoms with Gasteiger partial charge in [-0.15, -0.1) is 5.10 Å². The van der Waals surface area contributed by atoms with Crippen LogP contribution in [0.2, 0.25) is 0 Å². The Labute approximate surface area is 146 Å². The van der Waals surface area contributed by atoms with E-state index in [-0.39, 0.29) is 11.7 Å². The fraction of sp³-hybridized carbons (Fsp3) is 0.389. The fourth-order valence-electron chi connectivity index (χ4n) is 2.74. The third-order valence-electron chi connectivity index (χ3n) is 4.17. The highest BCUT2D eigenvalue weighted by molar-refractivity contribution is 5.81. The van der Waals surface area contributed by atoms with Gasteiger partial charge in [0.25, 0.3) is 5.91 Å². The lowest BCUT2D eigenvalue weighted by molar-refractivity contribution is -0.138. The van der Waals surface area contributed by atoms with Gasteiger partial charge in [-0.05, 0) is 50.2 Å². The van der Waals surface area contributed by atoms with E-state index in [1.807, 2.05) is 19.1 Å². The number of aromatic nitrogens is 2. The zero-order valence-corrected chi connectivity index (χ0v) is 14.4. The molecule has 2 heterocycles. The number of piperazine rings is 1. The Hall–Kier alpha value is -2.70. The zero-order valence-electron chi connectivity index (χ0n) is 14.4. The molecule has 6 nitrogen and oxygen atoms in total. The predicted octanol–water partition coefficient (Wildman–Crippen LogP) is 2.04. The highest BCUT2D eigenvalue weighted by atomic mass is 19.1. The number of carbonyl (C=O) groups excluding carboxylic acids is 1. The summed E-state index contributed by atoms with van der Waals surface area (Å²) in [6.45, 7) is 6.22. The summed E-state index contributed by atoms with van der Waals surface area (Å²) in [5.74, 6) is 0.907. The van der Waals surface area contributed by atoms with Crippen LogP contribution in [0.3, 0.4) is 0 Å². The molecule has 1 amide bonds. The molecule has 3 rings (SSSR count). The average Bonchev–Trinajstić information content (AvgIpc) is 2.64. The van der Waals surface area contributed by atoms with Gasteiger partial charge in [-0.25, -0.2) is 4.39 Å². The Kier molecular flexibility index (Phi) is 5.11. The maximum absolute atomic E-state index is 12.9. The van der Waals surface area contributed by atoms with E-state index in [9.17, 15) is 9.18 Å². The largest absolute Gasteiger partial charge is 0.481 e. The van der Waals surface area contributed by atoms with Gasteiger partial charge < -0.3 is 14.5 Å². The van der Waals surface area contributed by atoms with Gasteiger partial charge in [0.15, 0.2) is 11.9 Å². The molecule has 0 saturated carbocycles. The molecule has 1 atom stereocenters. The molecule has 0 bridgehead atoms. The minimum atomic E-state index is -0.615. The Morgan fingerprint density at radius 2 is 1.76 bits per heavy atom. The molecule has 0 radical (unpaired) electrons. The molecular formula is C18H21FN4O2. The Bertz CT molecular complexity index is 713. The summed E-state index contributed by atoms with van der Waals surface area (Å²) in [6, 6.07) is 9.54. The zero-order chi connectivity index (χ0) is 17.8. The van der Waals surface area contributed by atoms with Crippen molar-refractivity contribution in [1.29, 1.82) is 0 Å². The van der Waals surface area contributed by atoms with Crippen molar-refractivity contribution < 1.29 is 13.9 Å². The van der Waals surface area contributed by atoms with Gasteiger partial charge in [0.05, 0.1) is 5.69 Å². The topological polar surface area (TPSA) is 58.6 Å². The molecule has 1 fully saturated rings. The van der Waals surface area contributed by atoms with Gasteiger partial charge >= 0.3 is 0 Å². The van der Waals surface area contributed by atoms with Crippen LogP contribution in [0.25, 0.3) is 0 Å². The number of halogens is 1. The molecule has 0 N–H and O–H groups in total. The summed E-state index contributed by atoms with van der Waals surface area (Å²) in [5.41, 5.74) is 0.879. The van der Waals surface area contributed by atoms with Crippen molar-refractivity contribution in [3.05, 3.63) is 47.9 Å². The number of rotatable bonds is 4. The molecule has 1 aromatic carbocycles. The van der Waals surface area contributed by atoms with Crippen molar-refractivity contribution in [2.75, 3.05) is 31.1 Å². The van der Waals surface area contributed by atoms with Crippen molar-refractivity contribution in [3.63, 3.8) is 0 Å². The first-order valence-corrected chi connectivity index (χ1v) is 8.29. The van der Waals surface area contributed by atoms with E-state index in [2.05, 4.69) is 15.1 Å². The molecule has 132 valence electrons. The van der Waals surface area contributed by atoms with Gasteiger partial charge in [-0.2, -0.15) is 5.10 Å². The highest BCUT2D eigenvalue weighted by Crippen LogP contribution is 2.16. The van der Waals surface area contributed by atoms with Crippen LogP contribution in [-0.2, 0) is 4.79 Å². The molecule has 1 aliphatic heterocycles. The minimum absolute atomic E-state index is 0.0704. The summed E-state index contributed by atoms with van der Waals surface area (Å²) in [6.07, 6.45) is -0.615. The van der Waals surface area contributed by atoms with Crippen LogP contribution in [0.4, 0.5) is 10.2 Å². The van der Waals surface area contributed by atoms with E-state index in [1.54, 1.807) is 11.8 Å². The summed E-state index contributed by atoms with van der Waals surface area (Å²) < 4.78 is 18.5. The number of benzene rings is 1. The number of amides is 1. The number of carbonyl (C=O) groups is 1. The third kappa shape index (κ3) is 4.23. The second-order valence-electron chi connectivity index (χ2n) is 6.06. The Morgan fingerprint density at radius 1 is 1.08 bits per heavy atom. The van der Waals surface area contributed by atoms with E-state index in [0.717, 1.165) is 11.5 Å². The van der Waals surface area contributed by atoms with E-state index < -0.39 is 6.10 Å². The monoisotopic (exact) mass is 344 g/mol. The first-order chi connectivity index (χ1) is 12.0. The predicted molar refractivity (Wildman–Crippen MR) is 92.1 cm³/mol. The molecule has 25 heavy (non-hydrogen) atoms. The van der Waals surface area contributed by atoms with Crippen molar-refractivity contribution >= 4 is 11.7 Å². The normalized spacial score (nSPS) is 15.8. The van der Waals surface area contributed by atoms with E-state index >= 15 is 0 Å². The number of hydrogen-bond acceptors (Lipinski definition) is 5. The second-order valence-corrected chi connectivity index (χ2v) is 6.06. The number of ether oxygens (including phenoxy) is 1. The first kappa shape index (κ1) is 17.1. The maximum Gasteiger partial charge on any atom is 0.263 e. The van der Waals surface area contributed by atoms with Crippen molar-refractivity contribution in [2.24, 2.45) is 0 Å². The van der Waals surface area contributed by atoms with Gasteiger partial charge in [0.1, 0.15) is 11.6 Å². The lowest BCUT2D eigenvalue weighted by Gasteiger charge is -2.36. The first-order valence-electron chi connectivity index (χ1n) is 8.29. The van der Waals surface area contributed by atoms with Crippen LogP contribution in [0, 0.1) is 12.7 Å². The Morgan fingerprint density at radius 3 is 2.36 bits per heavy atom. The lowest BCUT2D eigenvalue weighted by Crippen LogP contribution is -2.52. The molecular weight excluding hydrogens is 323 g/mol. The molecule has 7 heteroatoms. The smallest absolute Gasteiger partial charge is 0.263 e. The van der Waals surface area contributed by atoms with E-state index in [4.69, 9.17) is 4.74 Å². The number of hydrogen-bond donors (Lipinski definition) is 0. The van der Waals surface area contributed by atoms with Gasteiger partial charge in [-0.1, -0.05) is 0 Å². The molecule has 2 aromatic rings. The highest BCUT2D eigenvalue weighted by Gasteiger charge is 2.26. The standard InChI is InChI=1S/C18H21FN4O2/c1-13-3-8-17(21-20-13)22-9-11-23(12-10-22)18(24)14(2)25-16-6-4-15(19)5-7-16/h3-8,14H,9-12H2,1-2H3. The number of anilines is 1. The summed E-state index contributed by atoms with van der Waals surface area (Å²) >= 11 is 0. The quantitative estimate of drug-likeness (QED) is 0.849. The number of aryl methyl sites for hydroxylation is 1. The molecule has 0 spiro atoms. The van der Waals surface area contributed by atoms with Crippen LogP contribution in [0.15, 0.2) is 36.4 Å². The summed E-state index contributed by atoms with van der Waals surface area (Å²) in [4.78, 5) is 16.4. The van der Waals surface area contributed by atoms with Gasteiger partial charge in [-0.3, -0.25) is 4.79 Å². The van der Waals surface area contributed by atoms with Crippen LogP contribution < -0.4 is 9.64 Å². The van der Waals surface area contributed by atoms with Crippen molar-refractivity contribution in [1.82, 2.24) is 15.1 Å². The summed E-state index contributed by atoms with van der Waals surface area (Å²) in [5, 5.41) is 8.26. The third-order valence-corrected chi connectivity index (χ3v) is 4.17. The minimum Gasteiger partial charge on any atom is -0.481 e.